The van der Waals surface area contributed by atoms with Crippen molar-refractivity contribution >= 4 is 55.9 Å². The standard InChI is InChI=1S/C19H19FIN3O5S/c1-3-8-19(9-10-19)30(28,29)22-14-5-7-16(25)23(2)17(14)24(18(26)27)15-6-4-12(21)11-13(15)20/h3-7,11,22H,1,8-10H2,2H3,(H,26,27). The third-order valence-electron chi connectivity index (χ3n) is 4.97. The Labute approximate surface area is 186 Å². The topological polar surface area (TPSA) is 109 Å². The number of carboxylic acid groups (broad SMARTS) is 1. The summed E-state index contributed by atoms with van der Waals surface area (Å²) in [7, 11) is -2.64. The third-order valence-corrected chi connectivity index (χ3v) is 7.85. The second-order valence-electron chi connectivity index (χ2n) is 6.96. The van der Waals surface area contributed by atoms with Crippen LogP contribution in [-0.4, -0.2) is 28.9 Å². The van der Waals surface area contributed by atoms with Gasteiger partial charge >= 0.3 is 6.09 Å². The highest BCUT2D eigenvalue weighted by Gasteiger charge is 2.53. The lowest BCUT2D eigenvalue weighted by atomic mass is 10.2. The van der Waals surface area contributed by atoms with Crippen molar-refractivity contribution in [2.24, 2.45) is 7.05 Å². The van der Waals surface area contributed by atoms with Crippen molar-refractivity contribution in [1.82, 2.24) is 4.57 Å². The minimum atomic E-state index is -3.93. The molecule has 1 amide bonds. The van der Waals surface area contributed by atoms with Crippen LogP contribution in [0.2, 0.25) is 0 Å². The van der Waals surface area contributed by atoms with E-state index in [1.807, 2.05) is 22.6 Å². The van der Waals surface area contributed by atoms with Crippen LogP contribution in [0.3, 0.4) is 0 Å². The molecule has 0 radical (unpaired) electrons. The molecule has 8 nitrogen and oxygen atoms in total. The van der Waals surface area contributed by atoms with Gasteiger partial charge in [-0.1, -0.05) is 6.08 Å². The number of carbonyl (C=O) groups is 1. The van der Waals surface area contributed by atoms with Gasteiger partial charge in [0.1, 0.15) is 11.6 Å². The minimum Gasteiger partial charge on any atom is -0.464 e. The Morgan fingerprint density at radius 2 is 2.07 bits per heavy atom. The second-order valence-corrected chi connectivity index (χ2v) is 10.3. The summed E-state index contributed by atoms with van der Waals surface area (Å²) in [4.78, 5) is 24.9. The van der Waals surface area contributed by atoms with Crippen LogP contribution in [0.1, 0.15) is 19.3 Å². The molecule has 1 fully saturated rings. The molecule has 2 aromatic rings. The molecule has 0 aliphatic heterocycles. The first-order valence-electron chi connectivity index (χ1n) is 8.84. The molecule has 1 aliphatic carbocycles. The van der Waals surface area contributed by atoms with E-state index in [0.717, 1.165) is 16.7 Å². The van der Waals surface area contributed by atoms with Gasteiger partial charge in [0.25, 0.3) is 5.56 Å². The second kappa shape index (κ2) is 8.02. The number of hydrogen-bond donors (Lipinski definition) is 2. The maximum Gasteiger partial charge on any atom is 0.417 e. The van der Waals surface area contributed by atoms with Crippen molar-refractivity contribution < 1.29 is 22.7 Å². The highest BCUT2D eigenvalue weighted by molar-refractivity contribution is 14.1. The smallest absolute Gasteiger partial charge is 0.417 e. The number of anilines is 3. The van der Waals surface area contributed by atoms with E-state index in [2.05, 4.69) is 11.3 Å². The highest BCUT2D eigenvalue weighted by atomic mass is 127. The summed E-state index contributed by atoms with van der Waals surface area (Å²) in [5.74, 6) is -1.15. The van der Waals surface area contributed by atoms with E-state index < -0.39 is 32.2 Å². The van der Waals surface area contributed by atoms with Gasteiger partial charge in [-0.25, -0.2) is 22.5 Å². The molecular weight excluding hydrogens is 528 g/mol. The summed E-state index contributed by atoms with van der Waals surface area (Å²) in [5, 5.41) is 9.82. The molecule has 11 heteroatoms. The molecule has 1 saturated carbocycles. The van der Waals surface area contributed by atoms with Crippen LogP contribution >= 0.6 is 22.6 Å². The van der Waals surface area contributed by atoms with Crippen LogP contribution in [0.15, 0.2) is 47.8 Å². The number of halogens is 2. The number of allylic oxidation sites excluding steroid dienone is 1. The number of benzene rings is 1. The number of hydrogen-bond acceptors (Lipinski definition) is 4. The monoisotopic (exact) mass is 547 g/mol. The fourth-order valence-electron chi connectivity index (χ4n) is 3.18. The number of sulfonamides is 1. The summed E-state index contributed by atoms with van der Waals surface area (Å²) >= 11 is 1.88. The van der Waals surface area contributed by atoms with Gasteiger partial charge in [0, 0.05) is 16.7 Å². The van der Waals surface area contributed by atoms with Crippen LogP contribution in [0.5, 0.6) is 0 Å². The Bertz CT molecular complexity index is 1190. The van der Waals surface area contributed by atoms with Gasteiger partial charge in [0.05, 0.1) is 16.1 Å². The molecule has 1 aromatic heterocycles. The maximum atomic E-state index is 14.6. The average Bonchev–Trinajstić information content (AvgIpc) is 3.44. The number of amides is 1. The van der Waals surface area contributed by atoms with Gasteiger partial charge in [-0.3, -0.25) is 14.1 Å². The van der Waals surface area contributed by atoms with E-state index >= 15 is 0 Å². The van der Waals surface area contributed by atoms with Gasteiger partial charge in [0.15, 0.2) is 0 Å². The van der Waals surface area contributed by atoms with Crippen molar-refractivity contribution in [3.05, 3.63) is 62.7 Å². The molecule has 2 N–H and O–H groups in total. The summed E-state index contributed by atoms with van der Waals surface area (Å²) in [6.07, 6.45) is 1.04. The lowest BCUT2D eigenvalue weighted by Gasteiger charge is -2.26. The van der Waals surface area contributed by atoms with E-state index in [-0.39, 0.29) is 23.6 Å². The fourth-order valence-corrected chi connectivity index (χ4v) is 5.28. The highest BCUT2D eigenvalue weighted by Crippen LogP contribution is 2.48. The van der Waals surface area contributed by atoms with Crippen LogP contribution < -0.4 is 15.2 Å². The Morgan fingerprint density at radius 1 is 1.40 bits per heavy atom. The number of pyridine rings is 1. The maximum absolute atomic E-state index is 14.6. The lowest BCUT2D eigenvalue weighted by Crippen LogP contribution is -2.35. The van der Waals surface area contributed by atoms with Gasteiger partial charge in [0.2, 0.25) is 10.0 Å². The molecule has 1 aromatic carbocycles. The summed E-state index contributed by atoms with van der Waals surface area (Å²) in [6, 6.07) is 6.18. The normalized spacial score (nSPS) is 14.8. The van der Waals surface area contributed by atoms with E-state index in [4.69, 9.17) is 0 Å². The molecule has 0 atom stereocenters. The molecule has 1 aliphatic rings. The van der Waals surface area contributed by atoms with Gasteiger partial charge in [-0.05, 0) is 66.1 Å². The van der Waals surface area contributed by atoms with Crippen LogP contribution in [0.4, 0.5) is 26.4 Å². The largest absolute Gasteiger partial charge is 0.464 e. The van der Waals surface area contributed by atoms with E-state index in [9.17, 15) is 27.5 Å². The first-order chi connectivity index (χ1) is 14.0. The molecule has 0 saturated heterocycles. The van der Waals surface area contributed by atoms with E-state index in [0.29, 0.717) is 21.3 Å². The fraction of sp³-hybridized carbons (Fsp3) is 0.263. The summed E-state index contributed by atoms with van der Waals surface area (Å²) in [6.45, 7) is 3.59. The Balaban J connectivity index is 2.18. The molecule has 0 spiro atoms. The zero-order chi connectivity index (χ0) is 22.3. The van der Waals surface area contributed by atoms with Crippen LogP contribution in [0.25, 0.3) is 0 Å². The van der Waals surface area contributed by atoms with Gasteiger partial charge in [-0.2, -0.15) is 0 Å². The van der Waals surface area contributed by atoms with Crippen LogP contribution in [-0.2, 0) is 17.1 Å². The van der Waals surface area contributed by atoms with E-state index in [1.165, 1.54) is 31.3 Å². The number of nitrogens with one attached hydrogen (secondary N) is 1. The van der Waals surface area contributed by atoms with Crippen molar-refractivity contribution in [3.8, 4) is 0 Å². The Morgan fingerprint density at radius 3 is 2.60 bits per heavy atom. The average molecular weight is 547 g/mol. The molecule has 0 unspecified atom stereocenters. The predicted molar refractivity (Wildman–Crippen MR) is 120 cm³/mol. The summed E-state index contributed by atoms with van der Waals surface area (Å²) in [5.41, 5.74) is -1.07. The SMILES string of the molecule is C=CCC1(S(=O)(=O)Nc2ccc(=O)n(C)c2N(C(=O)O)c2ccc(I)cc2F)CC1. The first kappa shape index (κ1) is 22.3. The van der Waals surface area contributed by atoms with Gasteiger partial charge < -0.3 is 5.11 Å². The van der Waals surface area contributed by atoms with Crippen LogP contribution in [0, 0.1) is 9.39 Å². The molecule has 30 heavy (non-hydrogen) atoms. The zero-order valence-electron chi connectivity index (χ0n) is 15.9. The minimum absolute atomic E-state index is 0.146. The lowest BCUT2D eigenvalue weighted by molar-refractivity contribution is 0.204. The number of rotatable bonds is 7. The summed E-state index contributed by atoms with van der Waals surface area (Å²) < 4.78 is 43.4. The molecular formula is C19H19FIN3O5S. The molecule has 1 heterocycles. The first-order valence-corrected chi connectivity index (χ1v) is 11.4. The van der Waals surface area contributed by atoms with Gasteiger partial charge in [-0.15, -0.1) is 6.58 Å². The van der Waals surface area contributed by atoms with E-state index in [1.54, 1.807) is 0 Å². The molecule has 160 valence electrons. The van der Waals surface area contributed by atoms with Crippen molar-refractivity contribution in [3.63, 3.8) is 0 Å². The van der Waals surface area contributed by atoms with Crippen molar-refractivity contribution in [2.45, 2.75) is 24.0 Å². The Hall–Kier alpha value is -2.41. The zero-order valence-corrected chi connectivity index (χ0v) is 18.9. The third kappa shape index (κ3) is 3.95. The van der Waals surface area contributed by atoms with Crippen molar-refractivity contribution in [2.75, 3.05) is 9.62 Å². The predicted octanol–water partition coefficient (Wildman–Crippen LogP) is 3.80. The molecule has 0 bridgehead atoms. The number of nitrogens with zero attached hydrogens (tertiary/aromatic N) is 2. The Kier molecular flexibility index (Phi) is 5.96. The molecule has 3 rings (SSSR count). The van der Waals surface area contributed by atoms with Crippen molar-refractivity contribution in [1.29, 1.82) is 0 Å². The number of aromatic nitrogens is 1. The quantitative estimate of drug-likeness (QED) is 0.405.